The molecule has 0 saturated carbocycles. The Labute approximate surface area is 165 Å². The Hall–Kier alpha value is -2.46. The third-order valence-electron chi connectivity index (χ3n) is 4.40. The molecule has 0 unspecified atom stereocenters. The van der Waals surface area contributed by atoms with Crippen LogP contribution in [0.3, 0.4) is 0 Å². The number of rotatable bonds is 8. The van der Waals surface area contributed by atoms with Crippen LogP contribution in [0, 0.1) is 6.92 Å². The summed E-state index contributed by atoms with van der Waals surface area (Å²) >= 11 is 0. The van der Waals surface area contributed by atoms with E-state index < -0.39 is 10.0 Å². The van der Waals surface area contributed by atoms with Gasteiger partial charge < -0.3 is 14.4 Å². The van der Waals surface area contributed by atoms with Gasteiger partial charge in [-0.05, 0) is 50.5 Å². The third kappa shape index (κ3) is 4.68. The fraction of sp³-hybridized carbons (Fsp3) is 0.500. The molecule has 1 aliphatic heterocycles. The van der Waals surface area contributed by atoms with E-state index in [1.165, 1.54) is 13.2 Å². The van der Waals surface area contributed by atoms with Gasteiger partial charge in [0.2, 0.25) is 16.0 Å². The summed E-state index contributed by atoms with van der Waals surface area (Å²) in [5, 5.41) is 0. The predicted molar refractivity (Wildman–Crippen MR) is 104 cm³/mol. The van der Waals surface area contributed by atoms with E-state index in [1.54, 1.807) is 12.1 Å². The van der Waals surface area contributed by atoms with Crippen molar-refractivity contribution in [3.8, 4) is 11.8 Å². The highest BCUT2D eigenvalue weighted by Crippen LogP contribution is 2.22. The number of hydrogen-bond acceptors (Lipinski definition) is 8. The Kier molecular flexibility index (Phi) is 6.30. The van der Waals surface area contributed by atoms with Crippen LogP contribution in [0.15, 0.2) is 23.1 Å². The van der Waals surface area contributed by atoms with E-state index in [-0.39, 0.29) is 17.5 Å². The number of methoxy groups -OCH3 is 1. The average molecular weight is 407 g/mol. The van der Waals surface area contributed by atoms with Crippen LogP contribution in [0.5, 0.6) is 11.8 Å². The van der Waals surface area contributed by atoms with Crippen LogP contribution in [0.1, 0.15) is 31.2 Å². The minimum atomic E-state index is -3.72. The summed E-state index contributed by atoms with van der Waals surface area (Å²) in [5.74, 6) is 1.48. The number of ether oxygens (including phenoxy) is 2. The lowest BCUT2D eigenvalue weighted by molar-refractivity contribution is 0.337. The van der Waals surface area contributed by atoms with E-state index in [1.807, 2.05) is 18.7 Å². The lowest BCUT2D eigenvalue weighted by Gasteiger charge is -2.16. The molecular weight excluding hydrogens is 382 g/mol. The Balaban J connectivity index is 1.77. The largest absolute Gasteiger partial charge is 0.494 e. The highest BCUT2D eigenvalue weighted by molar-refractivity contribution is 7.89. The first-order chi connectivity index (χ1) is 13.4. The normalized spacial score (nSPS) is 14.3. The smallest absolute Gasteiger partial charge is 0.321 e. The number of anilines is 1. The van der Waals surface area contributed by atoms with Crippen molar-refractivity contribution in [1.82, 2.24) is 19.7 Å². The van der Waals surface area contributed by atoms with Gasteiger partial charge in [-0.3, -0.25) is 0 Å². The van der Waals surface area contributed by atoms with E-state index in [9.17, 15) is 8.42 Å². The van der Waals surface area contributed by atoms with Crippen LogP contribution in [-0.4, -0.2) is 50.2 Å². The topological polar surface area (TPSA) is 107 Å². The molecule has 0 atom stereocenters. The lowest BCUT2D eigenvalue weighted by Crippen LogP contribution is -2.26. The van der Waals surface area contributed by atoms with Crippen LogP contribution >= 0.6 is 0 Å². The Morgan fingerprint density at radius 1 is 1.18 bits per heavy atom. The molecular formula is C18H25N5O4S. The van der Waals surface area contributed by atoms with Crippen molar-refractivity contribution in [2.45, 2.75) is 38.1 Å². The molecule has 2 heterocycles. The molecule has 0 radical (unpaired) electrons. The van der Waals surface area contributed by atoms with E-state index in [4.69, 9.17) is 9.47 Å². The Morgan fingerprint density at radius 3 is 2.57 bits per heavy atom. The predicted octanol–water partition coefficient (Wildman–Crippen LogP) is 1.67. The van der Waals surface area contributed by atoms with Gasteiger partial charge in [-0.25, -0.2) is 13.1 Å². The Bertz CT molecular complexity index is 930. The summed E-state index contributed by atoms with van der Waals surface area (Å²) in [4.78, 5) is 15.0. The third-order valence-corrected chi connectivity index (χ3v) is 5.80. The van der Waals surface area contributed by atoms with Gasteiger partial charge in [0.05, 0.1) is 25.2 Å². The molecule has 10 heteroatoms. The monoisotopic (exact) mass is 407 g/mol. The first kappa shape index (κ1) is 20.3. The molecule has 0 spiro atoms. The maximum absolute atomic E-state index is 12.7. The standard InChI is InChI=1S/C18H25N5O4S/c1-4-27-15-8-7-14(11-13(15)2)28(24,25)19-12-16-20-17(22-18(21-16)26-3)23-9-5-6-10-23/h7-8,11,19H,4-6,9-10,12H2,1-3H3. The summed E-state index contributed by atoms with van der Waals surface area (Å²) in [6.45, 7) is 5.88. The van der Waals surface area contributed by atoms with Crippen LogP contribution in [0.4, 0.5) is 5.95 Å². The molecule has 0 bridgehead atoms. The molecule has 9 nitrogen and oxygen atoms in total. The maximum Gasteiger partial charge on any atom is 0.321 e. The van der Waals surface area contributed by atoms with Crippen molar-refractivity contribution >= 4 is 16.0 Å². The van der Waals surface area contributed by atoms with Gasteiger partial charge in [0.25, 0.3) is 0 Å². The average Bonchev–Trinajstić information content (AvgIpc) is 3.23. The molecule has 1 aromatic carbocycles. The van der Waals surface area contributed by atoms with Crippen molar-refractivity contribution in [3.63, 3.8) is 0 Å². The summed E-state index contributed by atoms with van der Waals surface area (Å²) in [7, 11) is -2.25. The second-order valence-electron chi connectivity index (χ2n) is 6.42. The second kappa shape index (κ2) is 8.70. The Morgan fingerprint density at radius 2 is 1.93 bits per heavy atom. The minimum absolute atomic E-state index is 0.0612. The van der Waals surface area contributed by atoms with Crippen molar-refractivity contribution < 1.29 is 17.9 Å². The molecule has 1 aliphatic rings. The van der Waals surface area contributed by atoms with Gasteiger partial charge in [-0.2, -0.15) is 15.0 Å². The van der Waals surface area contributed by atoms with Gasteiger partial charge in [0, 0.05) is 13.1 Å². The van der Waals surface area contributed by atoms with E-state index in [2.05, 4.69) is 19.7 Å². The SMILES string of the molecule is CCOc1ccc(S(=O)(=O)NCc2nc(OC)nc(N3CCCC3)n2)cc1C. The molecule has 1 N–H and O–H groups in total. The van der Waals surface area contributed by atoms with Gasteiger partial charge in [-0.15, -0.1) is 0 Å². The summed E-state index contributed by atoms with van der Waals surface area (Å²) < 4.78 is 38.5. The van der Waals surface area contributed by atoms with Crippen LogP contribution < -0.4 is 19.1 Å². The van der Waals surface area contributed by atoms with Gasteiger partial charge in [-0.1, -0.05) is 0 Å². The van der Waals surface area contributed by atoms with Crippen molar-refractivity contribution in [1.29, 1.82) is 0 Å². The van der Waals surface area contributed by atoms with Crippen molar-refractivity contribution in [3.05, 3.63) is 29.6 Å². The zero-order valence-electron chi connectivity index (χ0n) is 16.3. The number of benzene rings is 1. The lowest BCUT2D eigenvalue weighted by atomic mass is 10.2. The minimum Gasteiger partial charge on any atom is -0.494 e. The molecule has 1 aromatic heterocycles. The van der Waals surface area contributed by atoms with Crippen LogP contribution in [0.2, 0.25) is 0 Å². The first-order valence-corrected chi connectivity index (χ1v) is 10.7. The summed E-state index contributed by atoms with van der Waals surface area (Å²) in [6, 6.07) is 4.93. The number of nitrogens with zero attached hydrogens (tertiary/aromatic N) is 4. The summed E-state index contributed by atoms with van der Waals surface area (Å²) in [5.41, 5.74) is 0.753. The fourth-order valence-corrected chi connectivity index (χ4v) is 4.03. The number of aryl methyl sites for hydroxylation is 1. The van der Waals surface area contributed by atoms with E-state index in [0.717, 1.165) is 31.5 Å². The van der Waals surface area contributed by atoms with Crippen molar-refractivity contribution in [2.24, 2.45) is 0 Å². The molecule has 1 fully saturated rings. The second-order valence-corrected chi connectivity index (χ2v) is 8.18. The highest BCUT2D eigenvalue weighted by Gasteiger charge is 2.20. The highest BCUT2D eigenvalue weighted by atomic mass is 32.2. The molecule has 0 amide bonds. The summed E-state index contributed by atoms with van der Waals surface area (Å²) in [6.07, 6.45) is 2.15. The quantitative estimate of drug-likeness (QED) is 0.704. The van der Waals surface area contributed by atoms with E-state index >= 15 is 0 Å². The van der Waals surface area contributed by atoms with Gasteiger partial charge in [0.15, 0.2) is 5.82 Å². The molecule has 0 aliphatic carbocycles. The number of hydrogen-bond donors (Lipinski definition) is 1. The van der Waals surface area contributed by atoms with Crippen molar-refractivity contribution in [2.75, 3.05) is 31.7 Å². The zero-order valence-corrected chi connectivity index (χ0v) is 17.1. The number of sulfonamides is 1. The van der Waals surface area contributed by atoms with E-state index in [0.29, 0.717) is 24.1 Å². The molecule has 1 saturated heterocycles. The molecule has 3 rings (SSSR count). The van der Waals surface area contributed by atoms with Crippen LogP contribution in [0.25, 0.3) is 0 Å². The van der Waals surface area contributed by atoms with Gasteiger partial charge >= 0.3 is 6.01 Å². The van der Waals surface area contributed by atoms with Crippen LogP contribution in [-0.2, 0) is 16.6 Å². The fourth-order valence-electron chi connectivity index (χ4n) is 2.96. The molecule has 28 heavy (non-hydrogen) atoms. The zero-order chi connectivity index (χ0) is 20.1. The van der Waals surface area contributed by atoms with Gasteiger partial charge in [0.1, 0.15) is 5.75 Å². The molecule has 2 aromatic rings. The molecule has 152 valence electrons. The maximum atomic E-state index is 12.7. The number of nitrogens with one attached hydrogen (secondary N) is 1. The first-order valence-electron chi connectivity index (χ1n) is 9.20. The number of aromatic nitrogens is 3.